The molecule has 0 spiro atoms. The summed E-state index contributed by atoms with van der Waals surface area (Å²) in [6.07, 6.45) is 5.17. The fraction of sp³-hybridized carbons (Fsp3) is 0.571. The van der Waals surface area contributed by atoms with E-state index >= 15 is 0 Å². The zero-order chi connectivity index (χ0) is 11.1. The average Bonchev–Trinajstić information content (AvgIpc) is 2.18. The van der Waals surface area contributed by atoms with E-state index < -0.39 is 0 Å². The molecule has 0 fully saturated rings. The molecule has 0 atom stereocenters. The Hall–Kier alpha value is -0.980. The van der Waals surface area contributed by atoms with Crippen LogP contribution in [0.25, 0.3) is 0 Å². The summed E-state index contributed by atoms with van der Waals surface area (Å²) in [5.41, 5.74) is 1.43. The Morgan fingerprint density at radius 2 is 1.73 bits per heavy atom. The standard InChI is InChI=1S/C14H23N/c1-4-5-9-12-14(2,3)15-13-10-7-6-8-11-13/h6-8,10-11,15H,4-5,9,12H2,1-3H3. The maximum atomic E-state index is 3.58. The van der Waals surface area contributed by atoms with Crippen molar-refractivity contribution in [3.63, 3.8) is 0 Å². The van der Waals surface area contributed by atoms with Crippen molar-refractivity contribution in [3.8, 4) is 0 Å². The number of unbranched alkanes of at least 4 members (excludes halogenated alkanes) is 2. The maximum Gasteiger partial charge on any atom is 0.0344 e. The molecule has 1 rings (SSSR count). The van der Waals surface area contributed by atoms with Crippen molar-refractivity contribution in [2.45, 2.75) is 52.0 Å². The predicted octanol–water partition coefficient (Wildman–Crippen LogP) is 4.46. The highest BCUT2D eigenvalue weighted by Crippen LogP contribution is 2.20. The van der Waals surface area contributed by atoms with Gasteiger partial charge in [0.05, 0.1) is 0 Å². The monoisotopic (exact) mass is 205 g/mol. The van der Waals surface area contributed by atoms with E-state index in [1.165, 1.54) is 31.4 Å². The molecule has 0 aliphatic carbocycles. The van der Waals surface area contributed by atoms with Crippen molar-refractivity contribution in [2.24, 2.45) is 0 Å². The molecule has 1 aromatic rings. The van der Waals surface area contributed by atoms with Crippen LogP contribution < -0.4 is 5.32 Å². The number of hydrogen-bond acceptors (Lipinski definition) is 1. The van der Waals surface area contributed by atoms with Gasteiger partial charge in [-0.3, -0.25) is 0 Å². The van der Waals surface area contributed by atoms with Crippen LogP contribution in [0.3, 0.4) is 0 Å². The summed E-state index contributed by atoms with van der Waals surface area (Å²) in [5, 5.41) is 3.58. The molecule has 0 aliphatic rings. The molecule has 0 radical (unpaired) electrons. The molecule has 0 bridgehead atoms. The molecule has 84 valence electrons. The second-order valence-electron chi connectivity index (χ2n) is 4.83. The lowest BCUT2D eigenvalue weighted by Crippen LogP contribution is -2.30. The fourth-order valence-electron chi connectivity index (χ4n) is 1.79. The lowest BCUT2D eigenvalue weighted by Gasteiger charge is -2.27. The number of para-hydroxylation sites is 1. The Labute approximate surface area is 93.9 Å². The molecule has 0 saturated heterocycles. The molecule has 15 heavy (non-hydrogen) atoms. The van der Waals surface area contributed by atoms with E-state index in [0.29, 0.717) is 0 Å². The maximum absolute atomic E-state index is 3.58. The number of rotatable bonds is 6. The topological polar surface area (TPSA) is 12.0 Å². The third-order valence-corrected chi connectivity index (χ3v) is 2.66. The van der Waals surface area contributed by atoms with Crippen LogP contribution in [0.15, 0.2) is 30.3 Å². The third kappa shape index (κ3) is 4.87. The van der Waals surface area contributed by atoms with Gasteiger partial charge in [-0.2, -0.15) is 0 Å². The molecule has 1 N–H and O–H groups in total. The Morgan fingerprint density at radius 3 is 2.33 bits per heavy atom. The van der Waals surface area contributed by atoms with Crippen LogP contribution in [0.5, 0.6) is 0 Å². The van der Waals surface area contributed by atoms with Crippen LogP contribution in [0.4, 0.5) is 5.69 Å². The quantitative estimate of drug-likeness (QED) is 0.676. The highest BCUT2D eigenvalue weighted by atomic mass is 15.0. The summed E-state index contributed by atoms with van der Waals surface area (Å²) in [6.45, 7) is 6.79. The third-order valence-electron chi connectivity index (χ3n) is 2.66. The Morgan fingerprint density at radius 1 is 1.07 bits per heavy atom. The first kappa shape index (κ1) is 12.1. The fourth-order valence-corrected chi connectivity index (χ4v) is 1.79. The molecule has 0 saturated carbocycles. The molecule has 1 heteroatoms. The minimum atomic E-state index is 0.205. The summed E-state index contributed by atoms with van der Waals surface area (Å²) < 4.78 is 0. The smallest absolute Gasteiger partial charge is 0.0344 e. The first-order chi connectivity index (χ1) is 7.14. The van der Waals surface area contributed by atoms with Gasteiger partial charge < -0.3 is 5.32 Å². The summed E-state index contributed by atoms with van der Waals surface area (Å²) in [4.78, 5) is 0. The van der Waals surface area contributed by atoms with Gasteiger partial charge in [0, 0.05) is 11.2 Å². The van der Waals surface area contributed by atoms with Crippen molar-refractivity contribution < 1.29 is 0 Å². The zero-order valence-corrected chi connectivity index (χ0v) is 10.2. The molecular weight excluding hydrogens is 182 g/mol. The van der Waals surface area contributed by atoms with Crippen LogP contribution in [0.1, 0.15) is 46.5 Å². The molecule has 0 amide bonds. The van der Waals surface area contributed by atoms with Gasteiger partial charge in [0.25, 0.3) is 0 Å². The number of nitrogens with one attached hydrogen (secondary N) is 1. The SMILES string of the molecule is CCCCCC(C)(C)Nc1ccccc1. The van der Waals surface area contributed by atoms with Gasteiger partial charge in [-0.25, -0.2) is 0 Å². The minimum absolute atomic E-state index is 0.205. The largest absolute Gasteiger partial charge is 0.380 e. The van der Waals surface area contributed by atoms with Gasteiger partial charge in [-0.05, 0) is 32.4 Å². The zero-order valence-electron chi connectivity index (χ0n) is 10.2. The van der Waals surface area contributed by atoms with Crippen LogP contribution >= 0.6 is 0 Å². The van der Waals surface area contributed by atoms with Crippen molar-refractivity contribution in [3.05, 3.63) is 30.3 Å². The van der Waals surface area contributed by atoms with Crippen LogP contribution in [-0.4, -0.2) is 5.54 Å². The summed E-state index contributed by atoms with van der Waals surface area (Å²) in [5.74, 6) is 0. The lowest BCUT2D eigenvalue weighted by atomic mass is 9.96. The van der Waals surface area contributed by atoms with Crippen LogP contribution in [-0.2, 0) is 0 Å². The normalized spacial score (nSPS) is 11.4. The van der Waals surface area contributed by atoms with E-state index in [-0.39, 0.29) is 5.54 Å². The molecular formula is C14H23N. The Balaban J connectivity index is 2.42. The van der Waals surface area contributed by atoms with Crippen molar-refractivity contribution in [2.75, 3.05) is 5.32 Å². The van der Waals surface area contributed by atoms with Gasteiger partial charge in [-0.1, -0.05) is 44.4 Å². The predicted molar refractivity (Wildman–Crippen MR) is 68.3 cm³/mol. The molecule has 1 nitrogen and oxygen atoms in total. The molecule has 0 aliphatic heterocycles. The van der Waals surface area contributed by atoms with Gasteiger partial charge in [0.15, 0.2) is 0 Å². The van der Waals surface area contributed by atoms with Crippen molar-refractivity contribution in [1.29, 1.82) is 0 Å². The van der Waals surface area contributed by atoms with E-state index in [4.69, 9.17) is 0 Å². The van der Waals surface area contributed by atoms with E-state index in [2.05, 4.69) is 56.4 Å². The first-order valence-corrected chi connectivity index (χ1v) is 5.97. The van der Waals surface area contributed by atoms with E-state index in [0.717, 1.165) is 0 Å². The first-order valence-electron chi connectivity index (χ1n) is 5.97. The summed E-state index contributed by atoms with van der Waals surface area (Å²) >= 11 is 0. The van der Waals surface area contributed by atoms with Gasteiger partial charge in [-0.15, -0.1) is 0 Å². The number of benzene rings is 1. The van der Waals surface area contributed by atoms with Crippen LogP contribution in [0, 0.1) is 0 Å². The van der Waals surface area contributed by atoms with E-state index in [1.54, 1.807) is 0 Å². The molecule has 0 heterocycles. The van der Waals surface area contributed by atoms with Crippen molar-refractivity contribution >= 4 is 5.69 Å². The van der Waals surface area contributed by atoms with E-state index in [9.17, 15) is 0 Å². The average molecular weight is 205 g/mol. The van der Waals surface area contributed by atoms with Gasteiger partial charge >= 0.3 is 0 Å². The molecule has 1 aromatic carbocycles. The summed E-state index contributed by atoms with van der Waals surface area (Å²) in [7, 11) is 0. The molecule has 0 unspecified atom stereocenters. The lowest BCUT2D eigenvalue weighted by molar-refractivity contribution is 0.483. The number of hydrogen-bond donors (Lipinski definition) is 1. The Kier molecular flexibility index (Phi) is 4.67. The summed E-state index contributed by atoms with van der Waals surface area (Å²) in [6, 6.07) is 10.5. The second-order valence-corrected chi connectivity index (χ2v) is 4.83. The highest BCUT2D eigenvalue weighted by Gasteiger charge is 2.15. The number of anilines is 1. The second kappa shape index (κ2) is 5.79. The minimum Gasteiger partial charge on any atom is -0.380 e. The van der Waals surface area contributed by atoms with Gasteiger partial charge in [0.2, 0.25) is 0 Å². The van der Waals surface area contributed by atoms with E-state index in [1.807, 2.05) is 0 Å². The molecule has 0 aromatic heterocycles. The Bertz CT molecular complexity index is 264. The highest BCUT2D eigenvalue weighted by molar-refractivity contribution is 5.44. The van der Waals surface area contributed by atoms with Crippen LogP contribution in [0.2, 0.25) is 0 Å². The van der Waals surface area contributed by atoms with Crippen molar-refractivity contribution in [1.82, 2.24) is 0 Å². The van der Waals surface area contributed by atoms with Gasteiger partial charge in [0.1, 0.15) is 0 Å².